The van der Waals surface area contributed by atoms with E-state index < -0.39 is 77.8 Å². The molecule has 1 aliphatic rings. The highest BCUT2D eigenvalue weighted by Gasteiger charge is 2.55. The van der Waals surface area contributed by atoms with Gasteiger partial charge in [-0.1, -0.05) is 22.9 Å². The normalized spacial score (nSPS) is 25.7. The van der Waals surface area contributed by atoms with Crippen molar-refractivity contribution in [3.05, 3.63) is 0 Å². The number of esters is 5. The quantitative estimate of drug-likeness (QED) is 0.130. The predicted octanol–water partition coefficient (Wildman–Crippen LogP) is 1.56. The van der Waals surface area contributed by atoms with E-state index in [0.29, 0.717) is 6.42 Å². The number of rotatable bonds is 13. The van der Waals surface area contributed by atoms with Crippen molar-refractivity contribution in [1.29, 1.82) is 0 Å². The molecule has 1 heterocycles. The summed E-state index contributed by atoms with van der Waals surface area (Å²) in [6, 6.07) is 0. The average molecular weight is 599 g/mol. The van der Waals surface area contributed by atoms with Crippen LogP contribution in [0, 0.1) is 0 Å². The monoisotopic (exact) mass is 598 g/mol. The first-order chi connectivity index (χ1) is 17.2. The van der Waals surface area contributed by atoms with Gasteiger partial charge in [-0.15, -0.1) is 0 Å². The minimum absolute atomic E-state index is 0.0829. The summed E-state index contributed by atoms with van der Waals surface area (Å²) in [4.78, 5) is 60.0. The number of hydrogen-bond acceptors (Lipinski definition) is 13. The summed E-state index contributed by atoms with van der Waals surface area (Å²) < 4.78 is 42.4. The molecule has 0 aromatic rings. The number of hydrogen-bond donors (Lipinski definition) is 0. The lowest BCUT2D eigenvalue weighted by Crippen LogP contribution is -2.64. The van der Waals surface area contributed by atoms with Gasteiger partial charge in [0, 0.05) is 34.3 Å². The maximum Gasteiger partial charge on any atom is 0.327 e. The molecule has 0 unspecified atom stereocenters. The van der Waals surface area contributed by atoms with E-state index in [0.717, 1.165) is 27.7 Å². The number of halogens is 1. The van der Waals surface area contributed by atoms with Crippen molar-refractivity contribution in [3.8, 4) is 0 Å². The van der Waals surface area contributed by atoms with Gasteiger partial charge in [-0.25, -0.2) is 0 Å². The zero-order valence-corrected chi connectivity index (χ0v) is 23.6. The van der Waals surface area contributed by atoms with E-state index in [2.05, 4.69) is 15.9 Å². The average Bonchev–Trinajstić information content (AvgIpc) is 2.77. The van der Waals surface area contributed by atoms with E-state index in [1.807, 2.05) is 6.92 Å². The number of carbonyl (C=O) groups excluding carboxylic acids is 5. The van der Waals surface area contributed by atoms with Gasteiger partial charge in [-0.2, -0.15) is 0 Å². The summed E-state index contributed by atoms with van der Waals surface area (Å²) in [6.07, 6.45) is -7.80. The molecule has 0 spiro atoms. The Morgan fingerprint density at radius 3 is 1.86 bits per heavy atom. The highest BCUT2D eigenvalue weighted by atomic mass is 79.9. The standard InChI is InChI=1S/C23H35BrO13/c1-8-10-31-22(23(7,24)21(29)30-9-2)37-20-19(35-15(6)28)18(34-14(5)27)17(33-13(4)26)16(36-20)11-32-12(3)25/h16-20,22H,8-11H2,1-7H3/t16-,17-,18+,19-,20+,22-,23+/m1/s1. The third kappa shape index (κ3) is 10.2. The van der Waals surface area contributed by atoms with Crippen LogP contribution in [0.3, 0.4) is 0 Å². The van der Waals surface area contributed by atoms with Crippen LogP contribution in [0.25, 0.3) is 0 Å². The SMILES string of the molecule is CCCO[C@H](O[C@@H]1O[C@H](COC(C)=O)[C@@H](OC(C)=O)[C@H](OC(C)=O)[C@H]1OC(C)=O)[C@@](C)(Br)C(=O)OCC. The van der Waals surface area contributed by atoms with Crippen LogP contribution in [-0.4, -0.2) is 91.0 Å². The van der Waals surface area contributed by atoms with E-state index in [1.165, 1.54) is 6.92 Å². The van der Waals surface area contributed by atoms with E-state index in [4.69, 9.17) is 37.9 Å². The largest absolute Gasteiger partial charge is 0.465 e. The number of ether oxygens (including phenoxy) is 8. The molecular formula is C23H35BrO13. The second kappa shape index (κ2) is 15.2. The molecule has 37 heavy (non-hydrogen) atoms. The predicted molar refractivity (Wildman–Crippen MR) is 127 cm³/mol. The number of carbonyl (C=O) groups is 5. The van der Waals surface area contributed by atoms with Gasteiger partial charge >= 0.3 is 29.8 Å². The van der Waals surface area contributed by atoms with Gasteiger partial charge in [0.1, 0.15) is 12.7 Å². The highest BCUT2D eigenvalue weighted by Crippen LogP contribution is 2.34. The van der Waals surface area contributed by atoms with Crippen molar-refractivity contribution >= 4 is 45.8 Å². The van der Waals surface area contributed by atoms with E-state index in [9.17, 15) is 24.0 Å². The molecule has 0 aromatic heterocycles. The van der Waals surface area contributed by atoms with Crippen molar-refractivity contribution in [3.63, 3.8) is 0 Å². The van der Waals surface area contributed by atoms with Crippen molar-refractivity contribution in [2.45, 2.75) is 96.2 Å². The summed E-state index contributed by atoms with van der Waals surface area (Å²) in [5.74, 6) is -3.71. The molecule has 1 rings (SSSR count). The topological polar surface area (TPSA) is 159 Å². The second-order valence-corrected chi connectivity index (χ2v) is 9.85. The summed E-state index contributed by atoms with van der Waals surface area (Å²) >= 11 is 3.30. The van der Waals surface area contributed by atoms with E-state index >= 15 is 0 Å². The van der Waals surface area contributed by atoms with Gasteiger partial charge in [-0.05, 0) is 20.3 Å². The minimum Gasteiger partial charge on any atom is -0.465 e. The van der Waals surface area contributed by atoms with Crippen molar-refractivity contribution in [2.24, 2.45) is 0 Å². The van der Waals surface area contributed by atoms with Gasteiger partial charge in [0.05, 0.1) is 6.61 Å². The summed E-state index contributed by atoms with van der Waals surface area (Å²) in [5.41, 5.74) is 0. The molecule has 1 aliphatic heterocycles. The molecule has 0 saturated carbocycles. The van der Waals surface area contributed by atoms with Gasteiger partial charge in [-0.3, -0.25) is 24.0 Å². The Bertz CT molecular complexity index is 814. The fourth-order valence-electron chi connectivity index (χ4n) is 3.34. The Morgan fingerprint density at radius 1 is 0.838 bits per heavy atom. The molecule has 1 fully saturated rings. The molecule has 0 radical (unpaired) electrons. The Hall–Kier alpha value is -2.29. The van der Waals surface area contributed by atoms with Gasteiger partial charge in [0.25, 0.3) is 0 Å². The lowest BCUT2D eigenvalue weighted by atomic mass is 9.98. The molecule has 1 saturated heterocycles. The molecule has 0 N–H and O–H groups in total. The smallest absolute Gasteiger partial charge is 0.327 e. The molecule has 13 nitrogen and oxygen atoms in total. The first-order valence-corrected chi connectivity index (χ1v) is 12.5. The van der Waals surface area contributed by atoms with Crippen LogP contribution in [0.5, 0.6) is 0 Å². The van der Waals surface area contributed by atoms with Crippen molar-refractivity contribution in [1.82, 2.24) is 0 Å². The third-order valence-corrected chi connectivity index (χ3v) is 5.49. The van der Waals surface area contributed by atoms with Crippen LogP contribution in [0.1, 0.15) is 54.9 Å². The molecule has 212 valence electrons. The third-order valence-electron chi connectivity index (χ3n) is 4.80. The molecule has 0 bridgehead atoms. The molecule has 14 heteroatoms. The zero-order valence-electron chi connectivity index (χ0n) is 22.0. The first-order valence-electron chi connectivity index (χ1n) is 11.7. The Balaban J connectivity index is 3.53. The summed E-state index contributed by atoms with van der Waals surface area (Å²) in [6.45, 7) is 9.21. The van der Waals surface area contributed by atoms with Crippen LogP contribution in [0.2, 0.25) is 0 Å². The molecular weight excluding hydrogens is 564 g/mol. The molecule has 0 aromatic carbocycles. The van der Waals surface area contributed by atoms with Gasteiger partial charge in [0.15, 0.2) is 28.9 Å². The Morgan fingerprint density at radius 2 is 1.38 bits per heavy atom. The van der Waals surface area contributed by atoms with Crippen LogP contribution < -0.4 is 0 Å². The Labute approximate surface area is 223 Å². The summed E-state index contributed by atoms with van der Waals surface area (Å²) in [5, 5.41) is 0. The molecule has 0 aliphatic carbocycles. The maximum absolute atomic E-state index is 12.7. The van der Waals surface area contributed by atoms with Crippen molar-refractivity contribution in [2.75, 3.05) is 19.8 Å². The summed E-state index contributed by atoms with van der Waals surface area (Å²) in [7, 11) is 0. The lowest BCUT2D eigenvalue weighted by Gasteiger charge is -2.45. The van der Waals surface area contributed by atoms with Crippen LogP contribution in [0.15, 0.2) is 0 Å². The van der Waals surface area contributed by atoms with Crippen LogP contribution in [-0.2, 0) is 61.9 Å². The minimum atomic E-state index is -1.54. The fourth-order valence-corrected chi connectivity index (χ4v) is 3.69. The highest BCUT2D eigenvalue weighted by molar-refractivity contribution is 9.10. The van der Waals surface area contributed by atoms with Gasteiger partial charge in [0.2, 0.25) is 6.29 Å². The van der Waals surface area contributed by atoms with Crippen LogP contribution in [0.4, 0.5) is 0 Å². The second-order valence-electron chi connectivity index (χ2n) is 8.20. The fraction of sp³-hybridized carbons (Fsp3) is 0.783. The van der Waals surface area contributed by atoms with E-state index in [1.54, 1.807) is 6.92 Å². The molecule has 7 atom stereocenters. The van der Waals surface area contributed by atoms with E-state index in [-0.39, 0.29) is 13.2 Å². The zero-order chi connectivity index (χ0) is 28.3. The Kier molecular flexibility index (Phi) is 13.5. The van der Waals surface area contributed by atoms with Crippen LogP contribution >= 0.6 is 15.9 Å². The van der Waals surface area contributed by atoms with Crippen molar-refractivity contribution < 1.29 is 61.9 Å². The number of alkyl halides is 1. The first kappa shape index (κ1) is 32.7. The molecule has 0 amide bonds. The lowest BCUT2D eigenvalue weighted by molar-refractivity contribution is -0.342. The van der Waals surface area contributed by atoms with Gasteiger partial charge < -0.3 is 37.9 Å². The maximum atomic E-state index is 12.7.